The molecule has 1 fully saturated rings. The van der Waals surface area contributed by atoms with Crippen LogP contribution in [0.2, 0.25) is 0 Å². The van der Waals surface area contributed by atoms with Gasteiger partial charge in [0, 0.05) is 13.1 Å². The van der Waals surface area contributed by atoms with Crippen molar-refractivity contribution in [3.8, 4) is 0 Å². The van der Waals surface area contributed by atoms with Gasteiger partial charge in [0.2, 0.25) is 0 Å². The Morgan fingerprint density at radius 3 is 2.70 bits per heavy atom. The maximum Gasteiger partial charge on any atom is 0.313 e. The zero-order valence-electron chi connectivity index (χ0n) is 13.4. The van der Waals surface area contributed by atoms with E-state index in [1.807, 2.05) is 18.7 Å². The molecule has 0 aliphatic carbocycles. The normalized spacial score (nSPS) is 24.6. The number of hydrogen-bond acceptors (Lipinski definition) is 6. The van der Waals surface area contributed by atoms with E-state index in [1.165, 1.54) is 0 Å². The van der Waals surface area contributed by atoms with E-state index in [0.717, 1.165) is 12.2 Å². The molecule has 0 saturated carbocycles. The van der Waals surface area contributed by atoms with Gasteiger partial charge >= 0.3 is 5.97 Å². The Balaban J connectivity index is 0.000000816. The molecule has 9 nitrogen and oxygen atoms in total. The summed E-state index contributed by atoms with van der Waals surface area (Å²) >= 11 is 0. The molecule has 0 amide bonds. The van der Waals surface area contributed by atoms with Gasteiger partial charge in [-0.1, -0.05) is 13.3 Å². The Morgan fingerprint density at radius 2 is 2.22 bits per heavy atom. The number of aliphatic hydroxyl groups excluding tert-OH is 1. The van der Waals surface area contributed by atoms with Crippen LogP contribution in [0, 0.1) is 12.3 Å². The average molecular weight is 328 g/mol. The lowest BCUT2D eigenvalue weighted by atomic mass is 9.74. The van der Waals surface area contributed by atoms with Crippen LogP contribution in [0.25, 0.3) is 0 Å². The molecule has 4 N–H and O–H groups in total. The number of aromatic amines is 1. The molecule has 0 aromatic carbocycles. The smallest absolute Gasteiger partial charge is 0.313 e. The van der Waals surface area contributed by atoms with Crippen LogP contribution in [-0.4, -0.2) is 67.0 Å². The van der Waals surface area contributed by atoms with Gasteiger partial charge in [0.1, 0.15) is 11.2 Å². The summed E-state index contributed by atoms with van der Waals surface area (Å²) in [7, 11) is 0. The highest BCUT2D eigenvalue weighted by molar-refractivity contribution is 5.76. The summed E-state index contributed by atoms with van der Waals surface area (Å²) in [4.78, 5) is 26.3. The molecule has 0 spiro atoms. The number of likely N-dealkylation sites (tertiary alicyclic amines) is 1. The van der Waals surface area contributed by atoms with Crippen LogP contribution in [-0.2, 0) is 16.1 Å². The summed E-state index contributed by atoms with van der Waals surface area (Å²) in [6.07, 6.45) is 0.893. The Kier molecular flexibility index (Phi) is 7.11. The summed E-state index contributed by atoms with van der Waals surface area (Å²) < 4.78 is 0. The fourth-order valence-corrected chi connectivity index (χ4v) is 2.97. The fraction of sp³-hybridized carbons (Fsp3) is 0.714. The van der Waals surface area contributed by atoms with Crippen LogP contribution in [0.4, 0.5) is 0 Å². The van der Waals surface area contributed by atoms with Gasteiger partial charge in [0.05, 0.1) is 12.6 Å². The van der Waals surface area contributed by atoms with Crippen LogP contribution >= 0.6 is 0 Å². The van der Waals surface area contributed by atoms with Gasteiger partial charge in [-0.05, 0) is 19.8 Å². The van der Waals surface area contributed by atoms with E-state index in [-0.39, 0.29) is 6.47 Å². The number of aliphatic hydroxyl groups is 1. The van der Waals surface area contributed by atoms with E-state index in [2.05, 4.69) is 15.2 Å². The predicted octanol–water partition coefficient (Wildman–Crippen LogP) is 0.252. The van der Waals surface area contributed by atoms with Crippen LogP contribution in [0.3, 0.4) is 0 Å². The van der Waals surface area contributed by atoms with E-state index in [1.54, 1.807) is 0 Å². The number of nitrogens with one attached hydrogen (secondary N) is 1. The van der Waals surface area contributed by atoms with Crippen molar-refractivity contribution in [3.63, 3.8) is 0 Å². The lowest BCUT2D eigenvalue weighted by Gasteiger charge is -2.43. The van der Waals surface area contributed by atoms with Crippen molar-refractivity contribution in [2.45, 2.75) is 45.8 Å². The fourth-order valence-electron chi connectivity index (χ4n) is 2.97. The van der Waals surface area contributed by atoms with Crippen LogP contribution in [0.1, 0.15) is 37.8 Å². The number of aliphatic carboxylic acids is 1. The summed E-state index contributed by atoms with van der Waals surface area (Å²) in [5.74, 6) is 0.493. The van der Waals surface area contributed by atoms with Gasteiger partial charge in [-0.3, -0.25) is 19.6 Å². The minimum atomic E-state index is -1.07. The second kappa shape index (κ2) is 8.59. The minimum Gasteiger partial charge on any atom is -0.483 e. The Labute approximate surface area is 134 Å². The number of piperidine rings is 1. The molecular weight excluding hydrogens is 304 g/mol. The Morgan fingerprint density at radius 1 is 1.57 bits per heavy atom. The third-order valence-corrected chi connectivity index (χ3v) is 3.99. The molecule has 130 valence electrons. The maximum absolute atomic E-state index is 11.7. The third-order valence-electron chi connectivity index (χ3n) is 3.99. The van der Waals surface area contributed by atoms with Gasteiger partial charge < -0.3 is 15.3 Å². The molecule has 0 unspecified atom stereocenters. The molecule has 0 radical (unpaired) electrons. The van der Waals surface area contributed by atoms with Crippen molar-refractivity contribution in [2.24, 2.45) is 5.41 Å². The molecule has 1 aromatic heterocycles. The van der Waals surface area contributed by atoms with Gasteiger partial charge in [0.25, 0.3) is 6.47 Å². The third kappa shape index (κ3) is 4.73. The topological polar surface area (TPSA) is 140 Å². The Bertz CT molecular complexity index is 521. The highest BCUT2D eigenvalue weighted by Gasteiger charge is 2.48. The van der Waals surface area contributed by atoms with Crippen LogP contribution in [0.15, 0.2) is 0 Å². The zero-order chi connectivity index (χ0) is 17.5. The van der Waals surface area contributed by atoms with E-state index in [4.69, 9.17) is 9.90 Å². The van der Waals surface area contributed by atoms with Crippen LogP contribution < -0.4 is 0 Å². The number of carboxylic acids is 1. The van der Waals surface area contributed by atoms with E-state index >= 15 is 0 Å². The highest BCUT2D eigenvalue weighted by Crippen LogP contribution is 2.35. The second-order valence-electron chi connectivity index (χ2n) is 5.67. The summed E-state index contributed by atoms with van der Waals surface area (Å²) in [6, 6.07) is 0. The van der Waals surface area contributed by atoms with Crippen molar-refractivity contribution in [3.05, 3.63) is 11.6 Å². The van der Waals surface area contributed by atoms with Crippen molar-refractivity contribution >= 4 is 12.4 Å². The number of carboxylic acid groups (broad SMARTS) is 2. The lowest BCUT2D eigenvalue weighted by Crippen LogP contribution is -2.55. The second-order valence-corrected chi connectivity index (χ2v) is 5.67. The summed E-state index contributed by atoms with van der Waals surface area (Å²) in [5.41, 5.74) is -1.07. The Hall–Kier alpha value is -2.00. The highest BCUT2D eigenvalue weighted by atomic mass is 16.4. The molecule has 1 aromatic rings. The molecule has 1 saturated heterocycles. The standard InChI is InChI=1S/C13H22N4O3.CH2O2/c1-3-5-13(12(19)20)8-17(6-4-10(13)18)7-11-14-9(2)15-16-11;2-1-3/h10,18H,3-8H2,1-2H3,(H,19,20)(H,14,15,16);1H,(H,2,3)/t10-,13-;/m1./s1. The first-order valence-corrected chi connectivity index (χ1v) is 7.49. The van der Waals surface area contributed by atoms with E-state index in [0.29, 0.717) is 38.3 Å². The molecule has 2 atom stereocenters. The number of carbonyl (C=O) groups is 2. The predicted molar refractivity (Wildman–Crippen MR) is 80.7 cm³/mol. The molecule has 2 heterocycles. The number of aryl methyl sites for hydroxylation is 1. The molecule has 0 bridgehead atoms. The molecule has 1 aliphatic heterocycles. The largest absolute Gasteiger partial charge is 0.483 e. The minimum absolute atomic E-state index is 0.250. The number of H-pyrrole nitrogens is 1. The molecule has 23 heavy (non-hydrogen) atoms. The van der Waals surface area contributed by atoms with Crippen molar-refractivity contribution in [1.29, 1.82) is 0 Å². The van der Waals surface area contributed by atoms with Crippen LogP contribution in [0.5, 0.6) is 0 Å². The van der Waals surface area contributed by atoms with Gasteiger partial charge in [-0.2, -0.15) is 5.10 Å². The SMILES string of the molecule is CCC[C@@]1(C(=O)O)CN(Cc2n[nH]c(C)n2)CC[C@H]1O.O=CO. The van der Waals surface area contributed by atoms with Gasteiger partial charge in [-0.25, -0.2) is 4.98 Å². The number of nitrogens with zero attached hydrogens (tertiary/aromatic N) is 3. The van der Waals surface area contributed by atoms with Gasteiger partial charge in [0.15, 0.2) is 5.82 Å². The molecule has 2 rings (SSSR count). The lowest BCUT2D eigenvalue weighted by molar-refractivity contribution is -0.164. The maximum atomic E-state index is 11.7. The monoisotopic (exact) mass is 328 g/mol. The average Bonchev–Trinajstić information content (AvgIpc) is 2.88. The van der Waals surface area contributed by atoms with Crippen molar-refractivity contribution in [2.75, 3.05) is 13.1 Å². The number of hydrogen-bond donors (Lipinski definition) is 4. The van der Waals surface area contributed by atoms with E-state index in [9.17, 15) is 15.0 Å². The molecular formula is C14H24N4O5. The van der Waals surface area contributed by atoms with Crippen molar-refractivity contribution < 1.29 is 24.9 Å². The first-order valence-electron chi connectivity index (χ1n) is 7.49. The first-order chi connectivity index (χ1) is 10.9. The number of aromatic nitrogens is 3. The zero-order valence-corrected chi connectivity index (χ0v) is 13.4. The summed E-state index contributed by atoms with van der Waals surface area (Å²) in [6.45, 7) is 5.03. The van der Waals surface area contributed by atoms with Gasteiger partial charge in [-0.15, -0.1) is 0 Å². The summed E-state index contributed by atoms with van der Waals surface area (Å²) in [5, 5.41) is 33.5. The van der Waals surface area contributed by atoms with Crippen molar-refractivity contribution in [1.82, 2.24) is 20.1 Å². The molecule has 1 aliphatic rings. The quantitative estimate of drug-likeness (QED) is 0.564. The first kappa shape index (κ1) is 19.0. The molecule has 9 heteroatoms. The van der Waals surface area contributed by atoms with E-state index < -0.39 is 17.5 Å². The number of rotatable bonds is 5.